The lowest BCUT2D eigenvalue weighted by atomic mass is 9.85. The predicted octanol–water partition coefficient (Wildman–Crippen LogP) is 3.62. The van der Waals surface area contributed by atoms with Crippen molar-refractivity contribution in [1.82, 2.24) is 4.98 Å². The van der Waals surface area contributed by atoms with E-state index >= 15 is 0 Å². The van der Waals surface area contributed by atoms with E-state index in [0.717, 1.165) is 19.3 Å². The second-order valence-electron chi connectivity index (χ2n) is 5.26. The summed E-state index contributed by atoms with van der Waals surface area (Å²) < 4.78 is 10.9. The number of amides is 1. The summed E-state index contributed by atoms with van der Waals surface area (Å²) >= 11 is 0. The summed E-state index contributed by atoms with van der Waals surface area (Å²) in [6.45, 7) is 0. The molecule has 1 saturated carbocycles. The van der Waals surface area contributed by atoms with Gasteiger partial charge in [-0.2, -0.15) is 0 Å². The molecule has 3 rings (SSSR count). The van der Waals surface area contributed by atoms with Crippen LogP contribution in [0.1, 0.15) is 19.3 Å². The van der Waals surface area contributed by atoms with Gasteiger partial charge in [0.1, 0.15) is 0 Å². The number of carbonyl (C=O) groups excluding carboxylic acids is 1. The molecule has 1 N–H and O–H groups in total. The highest BCUT2D eigenvalue weighted by atomic mass is 16.5. The maximum atomic E-state index is 11.9. The van der Waals surface area contributed by atoms with E-state index in [4.69, 9.17) is 9.47 Å². The molecule has 0 saturated heterocycles. The summed E-state index contributed by atoms with van der Waals surface area (Å²) in [7, 11) is 1.59. The number of hydrogen-bond acceptors (Lipinski definition) is 4. The van der Waals surface area contributed by atoms with Gasteiger partial charge in [0, 0.05) is 12.0 Å². The minimum Gasteiger partial charge on any atom is -0.493 e. The van der Waals surface area contributed by atoms with Gasteiger partial charge in [0.15, 0.2) is 11.5 Å². The van der Waals surface area contributed by atoms with E-state index in [2.05, 4.69) is 10.3 Å². The van der Waals surface area contributed by atoms with Crippen LogP contribution in [0.3, 0.4) is 0 Å². The largest absolute Gasteiger partial charge is 0.493 e. The van der Waals surface area contributed by atoms with Gasteiger partial charge in [0.2, 0.25) is 11.8 Å². The van der Waals surface area contributed by atoms with Crippen LogP contribution in [0.5, 0.6) is 17.4 Å². The monoisotopic (exact) mass is 298 g/mol. The molecule has 1 amide bonds. The number of ether oxygens (including phenoxy) is 2. The van der Waals surface area contributed by atoms with Gasteiger partial charge in [-0.15, -0.1) is 0 Å². The van der Waals surface area contributed by atoms with Crippen LogP contribution in [-0.2, 0) is 4.79 Å². The first-order valence-electron chi connectivity index (χ1n) is 7.34. The number of rotatable bonds is 5. The van der Waals surface area contributed by atoms with E-state index in [9.17, 15) is 4.79 Å². The summed E-state index contributed by atoms with van der Waals surface area (Å²) in [5, 5.41) is 2.88. The van der Waals surface area contributed by atoms with Crippen LogP contribution in [0, 0.1) is 5.92 Å². The lowest BCUT2D eigenvalue weighted by Crippen LogP contribution is -2.28. The second-order valence-corrected chi connectivity index (χ2v) is 5.26. The standard InChI is InChI=1S/C17H18N2O3/c1-21-14-7-2-3-8-15(14)22-16-10-9-13(11-18-16)19-17(20)12-5-4-6-12/h2-3,7-12H,4-6H2,1H3,(H,19,20). The quantitative estimate of drug-likeness (QED) is 0.915. The van der Waals surface area contributed by atoms with Crippen molar-refractivity contribution in [2.24, 2.45) is 5.92 Å². The van der Waals surface area contributed by atoms with Crippen LogP contribution >= 0.6 is 0 Å². The van der Waals surface area contributed by atoms with Gasteiger partial charge in [-0.1, -0.05) is 18.6 Å². The molecule has 0 radical (unpaired) electrons. The lowest BCUT2D eigenvalue weighted by Gasteiger charge is -2.23. The number of nitrogens with zero attached hydrogens (tertiary/aromatic N) is 1. The van der Waals surface area contributed by atoms with E-state index in [1.165, 1.54) is 0 Å². The topological polar surface area (TPSA) is 60.5 Å². The highest BCUT2D eigenvalue weighted by molar-refractivity contribution is 5.92. The normalized spacial score (nSPS) is 14.0. The van der Waals surface area contributed by atoms with E-state index in [0.29, 0.717) is 23.1 Å². The van der Waals surface area contributed by atoms with Gasteiger partial charge in [-0.25, -0.2) is 4.98 Å². The number of anilines is 1. The summed E-state index contributed by atoms with van der Waals surface area (Å²) in [6, 6.07) is 10.9. The third kappa shape index (κ3) is 3.19. The maximum absolute atomic E-state index is 11.9. The summed E-state index contributed by atoms with van der Waals surface area (Å²) in [6.07, 6.45) is 4.70. The third-order valence-electron chi connectivity index (χ3n) is 3.76. The molecule has 5 nitrogen and oxygen atoms in total. The molecule has 1 fully saturated rings. The van der Waals surface area contributed by atoms with Crippen molar-refractivity contribution in [3.63, 3.8) is 0 Å². The number of methoxy groups -OCH3 is 1. The molecule has 22 heavy (non-hydrogen) atoms. The third-order valence-corrected chi connectivity index (χ3v) is 3.76. The molecule has 1 aliphatic carbocycles. The van der Waals surface area contributed by atoms with Crippen LogP contribution in [0.4, 0.5) is 5.69 Å². The Morgan fingerprint density at radius 1 is 1.18 bits per heavy atom. The van der Waals surface area contributed by atoms with Crippen molar-refractivity contribution in [3.8, 4) is 17.4 Å². The van der Waals surface area contributed by atoms with Crippen molar-refractivity contribution >= 4 is 11.6 Å². The van der Waals surface area contributed by atoms with E-state index in [-0.39, 0.29) is 11.8 Å². The zero-order valence-corrected chi connectivity index (χ0v) is 12.4. The highest BCUT2D eigenvalue weighted by Gasteiger charge is 2.25. The Balaban J connectivity index is 1.65. The second kappa shape index (κ2) is 6.47. The minimum atomic E-state index is 0.0754. The molecule has 1 aliphatic rings. The summed E-state index contributed by atoms with van der Waals surface area (Å²) in [5.74, 6) is 1.93. The zero-order valence-electron chi connectivity index (χ0n) is 12.4. The predicted molar refractivity (Wildman–Crippen MR) is 83.3 cm³/mol. The SMILES string of the molecule is COc1ccccc1Oc1ccc(NC(=O)C2CCC2)cn1. The molecule has 0 bridgehead atoms. The molecule has 1 heterocycles. The van der Waals surface area contributed by atoms with Crippen LogP contribution in [-0.4, -0.2) is 18.0 Å². The molecule has 2 aromatic rings. The smallest absolute Gasteiger partial charge is 0.227 e. The van der Waals surface area contributed by atoms with Crippen molar-refractivity contribution < 1.29 is 14.3 Å². The molecule has 0 atom stereocenters. The van der Waals surface area contributed by atoms with Crippen molar-refractivity contribution in [3.05, 3.63) is 42.6 Å². The molecule has 0 spiro atoms. The Bertz CT molecular complexity index is 651. The molecule has 1 aromatic heterocycles. The molecular formula is C17H18N2O3. The van der Waals surface area contributed by atoms with Crippen LogP contribution in [0.2, 0.25) is 0 Å². The Morgan fingerprint density at radius 2 is 1.95 bits per heavy atom. The van der Waals surface area contributed by atoms with Gasteiger partial charge in [-0.3, -0.25) is 4.79 Å². The molecule has 0 aliphatic heterocycles. The minimum absolute atomic E-state index is 0.0754. The number of carbonyl (C=O) groups is 1. The Morgan fingerprint density at radius 3 is 2.55 bits per heavy atom. The fourth-order valence-corrected chi connectivity index (χ4v) is 2.25. The van der Waals surface area contributed by atoms with Crippen molar-refractivity contribution in [2.45, 2.75) is 19.3 Å². The van der Waals surface area contributed by atoms with Crippen LogP contribution in [0.25, 0.3) is 0 Å². The number of para-hydroxylation sites is 2. The van der Waals surface area contributed by atoms with Gasteiger partial charge < -0.3 is 14.8 Å². The molecule has 0 unspecified atom stereocenters. The summed E-state index contributed by atoms with van der Waals surface area (Å²) in [5.41, 5.74) is 0.685. The summed E-state index contributed by atoms with van der Waals surface area (Å²) in [4.78, 5) is 16.1. The first kappa shape index (κ1) is 14.4. The fraction of sp³-hybridized carbons (Fsp3) is 0.294. The van der Waals surface area contributed by atoms with Crippen molar-refractivity contribution in [1.29, 1.82) is 0 Å². The van der Waals surface area contributed by atoms with Gasteiger partial charge in [0.25, 0.3) is 0 Å². The van der Waals surface area contributed by atoms with Gasteiger partial charge >= 0.3 is 0 Å². The van der Waals surface area contributed by atoms with Gasteiger partial charge in [0.05, 0.1) is 19.0 Å². The average Bonchev–Trinajstić information content (AvgIpc) is 2.48. The Kier molecular flexibility index (Phi) is 4.23. The number of benzene rings is 1. The van der Waals surface area contributed by atoms with E-state index in [1.807, 2.05) is 24.3 Å². The average molecular weight is 298 g/mol. The van der Waals surface area contributed by atoms with E-state index < -0.39 is 0 Å². The highest BCUT2D eigenvalue weighted by Crippen LogP contribution is 2.30. The molecule has 1 aromatic carbocycles. The van der Waals surface area contributed by atoms with Crippen molar-refractivity contribution in [2.75, 3.05) is 12.4 Å². The van der Waals surface area contributed by atoms with Crippen LogP contribution < -0.4 is 14.8 Å². The molecule has 5 heteroatoms. The first-order chi connectivity index (χ1) is 10.8. The zero-order chi connectivity index (χ0) is 15.4. The molecular weight excluding hydrogens is 280 g/mol. The number of aromatic nitrogens is 1. The lowest BCUT2D eigenvalue weighted by molar-refractivity contribution is -0.122. The van der Waals surface area contributed by atoms with Crippen LogP contribution in [0.15, 0.2) is 42.6 Å². The molecule has 114 valence electrons. The Hall–Kier alpha value is -2.56. The maximum Gasteiger partial charge on any atom is 0.227 e. The fourth-order valence-electron chi connectivity index (χ4n) is 2.25. The number of pyridine rings is 1. The Labute approximate surface area is 129 Å². The van der Waals surface area contributed by atoms with Gasteiger partial charge in [-0.05, 0) is 31.0 Å². The first-order valence-corrected chi connectivity index (χ1v) is 7.34. The van der Waals surface area contributed by atoms with E-state index in [1.54, 1.807) is 25.4 Å². The number of nitrogens with one attached hydrogen (secondary N) is 1. The number of hydrogen-bond donors (Lipinski definition) is 1.